The summed E-state index contributed by atoms with van der Waals surface area (Å²) in [6.45, 7) is 3.57. The van der Waals surface area contributed by atoms with Crippen LogP contribution < -0.4 is 5.32 Å². The van der Waals surface area contributed by atoms with Gasteiger partial charge in [0.05, 0.1) is 18.9 Å². The van der Waals surface area contributed by atoms with Crippen LogP contribution in [0.15, 0.2) is 27.8 Å². The minimum Gasteiger partial charge on any atom is -0.467 e. The molecule has 1 aliphatic carbocycles. The number of furan rings is 1. The highest BCUT2D eigenvalue weighted by Gasteiger charge is 2.35. The zero-order chi connectivity index (χ0) is 15.3. The molecule has 2 rings (SSSR count). The lowest BCUT2D eigenvalue weighted by atomic mass is 9.73. The predicted molar refractivity (Wildman–Crippen MR) is 99.5 cm³/mol. The molecule has 126 valence electrons. The quantitative estimate of drug-likeness (QED) is 0.446. The highest BCUT2D eigenvalue weighted by atomic mass is 127. The largest absolute Gasteiger partial charge is 0.467 e. The zero-order valence-corrected chi connectivity index (χ0v) is 16.0. The van der Waals surface area contributed by atoms with Crippen LogP contribution in [-0.4, -0.2) is 42.7 Å². The van der Waals surface area contributed by atoms with Crippen LogP contribution in [0.4, 0.5) is 0 Å². The van der Waals surface area contributed by atoms with E-state index in [9.17, 15) is 5.11 Å². The van der Waals surface area contributed by atoms with E-state index in [-0.39, 0.29) is 35.5 Å². The summed E-state index contributed by atoms with van der Waals surface area (Å²) in [7, 11) is 3.76. The molecule has 6 heteroatoms. The minimum atomic E-state index is -0.229. The summed E-state index contributed by atoms with van der Waals surface area (Å²) in [5.41, 5.74) is -0.0697. The third kappa shape index (κ3) is 4.87. The minimum absolute atomic E-state index is 0. The number of hydrogen-bond acceptors (Lipinski definition) is 3. The van der Waals surface area contributed by atoms with Gasteiger partial charge in [-0.1, -0.05) is 19.8 Å². The van der Waals surface area contributed by atoms with E-state index in [2.05, 4.69) is 17.2 Å². The number of hydrogen-bond donors (Lipinski definition) is 2. The van der Waals surface area contributed by atoms with E-state index in [4.69, 9.17) is 4.42 Å². The fourth-order valence-electron chi connectivity index (χ4n) is 2.96. The smallest absolute Gasteiger partial charge is 0.193 e. The number of nitrogens with zero attached hydrogens (tertiary/aromatic N) is 2. The van der Waals surface area contributed by atoms with E-state index in [0.717, 1.165) is 37.5 Å². The van der Waals surface area contributed by atoms with Crippen LogP contribution in [0.1, 0.15) is 38.4 Å². The molecule has 0 aliphatic heterocycles. The summed E-state index contributed by atoms with van der Waals surface area (Å²) in [6.07, 6.45) is 5.73. The van der Waals surface area contributed by atoms with Crippen LogP contribution in [0.2, 0.25) is 0 Å². The van der Waals surface area contributed by atoms with Gasteiger partial charge in [0.1, 0.15) is 5.76 Å². The van der Waals surface area contributed by atoms with Crippen LogP contribution >= 0.6 is 24.0 Å². The average Bonchev–Trinajstić information content (AvgIpc) is 2.96. The van der Waals surface area contributed by atoms with E-state index in [1.807, 2.05) is 24.1 Å². The second kappa shape index (κ2) is 8.76. The van der Waals surface area contributed by atoms with Gasteiger partial charge in [-0.15, -0.1) is 24.0 Å². The van der Waals surface area contributed by atoms with E-state index >= 15 is 0 Å². The van der Waals surface area contributed by atoms with Gasteiger partial charge in [0.2, 0.25) is 0 Å². The van der Waals surface area contributed by atoms with Crippen molar-refractivity contribution in [2.24, 2.45) is 10.4 Å². The lowest BCUT2D eigenvalue weighted by Crippen LogP contribution is -2.48. The van der Waals surface area contributed by atoms with Crippen LogP contribution in [0.3, 0.4) is 0 Å². The molecule has 1 aromatic heterocycles. The Bertz CT molecular complexity index is 464. The van der Waals surface area contributed by atoms with Gasteiger partial charge in [-0.3, -0.25) is 4.99 Å². The van der Waals surface area contributed by atoms with Crippen LogP contribution in [0, 0.1) is 5.41 Å². The number of guanidine groups is 1. The molecule has 2 unspecified atom stereocenters. The second-order valence-electron chi connectivity index (χ2n) is 6.25. The molecule has 0 amide bonds. The van der Waals surface area contributed by atoms with Gasteiger partial charge in [-0.25, -0.2) is 0 Å². The van der Waals surface area contributed by atoms with Crippen molar-refractivity contribution in [2.45, 2.75) is 45.3 Å². The molecule has 22 heavy (non-hydrogen) atoms. The first-order valence-electron chi connectivity index (χ1n) is 7.67. The zero-order valence-electron chi connectivity index (χ0n) is 13.7. The molecule has 0 aromatic carbocycles. The maximum absolute atomic E-state index is 10.3. The SMILES string of the molecule is CN=C(NCC1(C)CCCCC1O)N(C)Cc1ccco1.I. The number of rotatable bonds is 4. The standard InChI is InChI=1S/C16H27N3O2.HI/c1-16(9-5-4-8-14(16)20)12-18-15(17-2)19(3)11-13-7-6-10-21-13;/h6-7,10,14,20H,4-5,8-9,11-12H2,1-3H3,(H,17,18);1H. The molecule has 1 aliphatic rings. The number of halogens is 1. The highest BCUT2D eigenvalue weighted by molar-refractivity contribution is 14.0. The van der Waals surface area contributed by atoms with Crippen LogP contribution in [0.25, 0.3) is 0 Å². The van der Waals surface area contributed by atoms with Gasteiger partial charge < -0.3 is 19.7 Å². The van der Waals surface area contributed by atoms with Crippen molar-refractivity contribution in [2.75, 3.05) is 20.6 Å². The van der Waals surface area contributed by atoms with Gasteiger partial charge in [0.15, 0.2) is 5.96 Å². The molecule has 1 heterocycles. The summed E-state index contributed by atoms with van der Waals surface area (Å²) in [5, 5.41) is 13.6. The third-order valence-electron chi connectivity index (χ3n) is 4.48. The Labute approximate surface area is 150 Å². The predicted octanol–water partition coefficient (Wildman–Crippen LogP) is 2.85. The lowest BCUT2D eigenvalue weighted by molar-refractivity contribution is 0.00368. The highest BCUT2D eigenvalue weighted by Crippen LogP contribution is 2.35. The summed E-state index contributed by atoms with van der Waals surface area (Å²) < 4.78 is 5.37. The Morgan fingerprint density at radius 1 is 1.55 bits per heavy atom. The van der Waals surface area contributed by atoms with E-state index in [1.165, 1.54) is 6.42 Å². The van der Waals surface area contributed by atoms with Crippen LogP contribution in [0.5, 0.6) is 0 Å². The third-order valence-corrected chi connectivity index (χ3v) is 4.48. The maximum atomic E-state index is 10.3. The molecule has 1 saturated carbocycles. The molecule has 0 radical (unpaired) electrons. The Balaban J connectivity index is 0.00000242. The molecule has 1 aromatic rings. The molecule has 0 spiro atoms. The molecule has 0 bridgehead atoms. The summed E-state index contributed by atoms with van der Waals surface area (Å²) >= 11 is 0. The number of aliphatic hydroxyl groups excluding tert-OH is 1. The van der Waals surface area contributed by atoms with E-state index < -0.39 is 0 Å². The van der Waals surface area contributed by atoms with Gasteiger partial charge >= 0.3 is 0 Å². The van der Waals surface area contributed by atoms with E-state index in [0.29, 0.717) is 6.54 Å². The van der Waals surface area contributed by atoms with Crippen molar-refractivity contribution in [3.63, 3.8) is 0 Å². The van der Waals surface area contributed by atoms with Crippen molar-refractivity contribution in [1.29, 1.82) is 0 Å². The molecule has 2 atom stereocenters. The van der Waals surface area contributed by atoms with Crippen LogP contribution in [-0.2, 0) is 6.54 Å². The monoisotopic (exact) mass is 421 g/mol. The normalized spacial score (nSPS) is 25.5. The lowest BCUT2D eigenvalue weighted by Gasteiger charge is -2.39. The molecule has 2 N–H and O–H groups in total. The van der Waals surface area contributed by atoms with Crippen molar-refractivity contribution in [3.05, 3.63) is 24.2 Å². The van der Waals surface area contributed by atoms with Gasteiger partial charge in [-0.05, 0) is 25.0 Å². The summed E-state index contributed by atoms with van der Waals surface area (Å²) in [4.78, 5) is 6.34. The van der Waals surface area contributed by atoms with Gasteiger partial charge in [0.25, 0.3) is 0 Å². The maximum Gasteiger partial charge on any atom is 0.193 e. The van der Waals surface area contributed by atoms with Gasteiger partial charge in [0, 0.05) is 26.1 Å². The Kier molecular flexibility index (Phi) is 7.68. The average molecular weight is 421 g/mol. The first-order valence-corrected chi connectivity index (χ1v) is 7.67. The molecule has 0 saturated heterocycles. The van der Waals surface area contributed by atoms with Crippen molar-refractivity contribution in [3.8, 4) is 0 Å². The fraction of sp³-hybridized carbons (Fsp3) is 0.688. The molecular formula is C16H28IN3O2. The van der Waals surface area contributed by atoms with Crippen molar-refractivity contribution >= 4 is 29.9 Å². The Hall–Kier alpha value is -0.760. The Morgan fingerprint density at radius 2 is 2.32 bits per heavy atom. The van der Waals surface area contributed by atoms with Crippen molar-refractivity contribution < 1.29 is 9.52 Å². The van der Waals surface area contributed by atoms with Gasteiger partial charge in [-0.2, -0.15) is 0 Å². The fourth-order valence-corrected chi connectivity index (χ4v) is 2.96. The first kappa shape index (κ1) is 19.3. The number of nitrogens with one attached hydrogen (secondary N) is 1. The number of aliphatic imine (C=N–C) groups is 1. The first-order chi connectivity index (χ1) is 10.0. The second-order valence-corrected chi connectivity index (χ2v) is 6.25. The molecule has 5 nitrogen and oxygen atoms in total. The van der Waals surface area contributed by atoms with E-state index in [1.54, 1.807) is 13.3 Å². The van der Waals surface area contributed by atoms with Crippen molar-refractivity contribution in [1.82, 2.24) is 10.2 Å². The Morgan fingerprint density at radius 3 is 2.91 bits per heavy atom. The molecule has 1 fully saturated rings. The number of aliphatic hydroxyl groups is 1. The molecular weight excluding hydrogens is 393 g/mol. The topological polar surface area (TPSA) is 61.0 Å². The summed E-state index contributed by atoms with van der Waals surface area (Å²) in [6, 6.07) is 3.84. The summed E-state index contributed by atoms with van der Waals surface area (Å²) in [5.74, 6) is 1.73.